The lowest BCUT2D eigenvalue weighted by atomic mass is 9.95. The van der Waals surface area contributed by atoms with Gasteiger partial charge in [0.1, 0.15) is 0 Å². The number of hydrogen-bond donors (Lipinski definition) is 1. The molecule has 1 aromatic rings. The summed E-state index contributed by atoms with van der Waals surface area (Å²) in [4.78, 5) is 8.29. The Morgan fingerprint density at radius 3 is 3.05 bits per heavy atom. The molecule has 0 amide bonds. The minimum Gasteiger partial charge on any atom is -0.387 e. The van der Waals surface area contributed by atoms with E-state index in [1.165, 1.54) is 4.88 Å². The molecule has 2 unspecified atom stereocenters. The summed E-state index contributed by atoms with van der Waals surface area (Å²) in [5.41, 5.74) is 0.860. The van der Waals surface area contributed by atoms with Crippen molar-refractivity contribution in [1.29, 1.82) is 0 Å². The Labute approximate surface area is 118 Å². The molecular weight excluding hydrogens is 260 g/mol. The summed E-state index contributed by atoms with van der Waals surface area (Å²) in [6.07, 6.45) is 4.88. The summed E-state index contributed by atoms with van der Waals surface area (Å²) in [6, 6.07) is 0. The molecule has 4 nitrogen and oxygen atoms in total. The van der Waals surface area contributed by atoms with Crippen molar-refractivity contribution in [1.82, 2.24) is 4.98 Å². The van der Waals surface area contributed by atoms with E-state index in [4.69, 9.17) is 9.72 Å². The number of aliphatic hydroxyl groups is 1. The van der Waals surface area contributed by atoms with Gasteiger partial charge in [-0.05, 0) is 39.0 Å². The molecule has 2 atom stereocenters. The van der Waals surface area contributed by atoms with Gasteiger partial charge >= 0.3 is 0 Å². The van der Waals surface area contributed by atoms with Gasteiger partial charge in [0.05, 0.1) is 17.4 Å². The minimum absolute atomic E-state index is 0.0664. The molecular formula is C14H22N2O2S. The van der Waals surface area contributed by atoms with Crippen LogP contribution in [0.4, 0.5) is 5.13 Å². The molecule has 2 aliphatic rings. The third-order valence-corrected chi connectivity index (χ3v) is 5.53. The molecule has 1 aliphatic heterocycles. The number of piperidine rings is 1. The Kier molecular flexibility index (Phi) is 3.53. The van der Waals surface area contributed by atoms with Crippen LogP contribution in [0, 0.1) is 0 Å². The fourth-order valence-electron chi connectivity index (χ4n) is 3.05. The summed E-state index contributed by atoms with van der Waals surface area (Å²) in [5.74, 6) is 0. The van der Waals surface area contributed by atoms with Crippen molar-refractivity contribution in [3.8, 4) is 0 Å². The Morgan fingerprint density at radius 1 is 1.47 bits per heavy atom. The highest BCUT2D eigenvalue weighted by atomic mass is 32.1. The highest BCUT2D eigenvalue weighted by Crippen LogP contribution is 2.38. The Hall–Kier alpha value is -0.650. The van der Waals surface area contributed by atoms with E-state index in [-0.39, 0.29) is 11.7 Å². The van der Waals surface area contributed by atoms with Crippen LogP contribution in [-0.4, -0.2) is 35.9 Å². The molecule has 3 rings (SSSR count). The number of thiazole rings is 1. The quantitative estimate of drug-likeness (QED) is 0.905. The second kappa shape index (κ2) is 5.04. The summed E-state index contributed by atoms with van der Waals surface area (Å²) in [5, 5.41) is 11.1. The number of methoxy groups -OCH3 is 1. The van der Waals surface area contributed by atoms with Crippen LogP contribution in [0.2, 0.25) is 0 Å². The molecule has 0 spiro atoms. The standard InChI is InChI=1S/C14H22N2O2S/c1-14(18-2)7-4-8-16(9-14)13-15-12-10(17)5-3-6-11(12)19-13/h10,17H,3-9H2,1-2H3. The molecule has 0 bridgehead atoms. The predicted octanol–water partition coefficient (Wildman–Crippen LogP) is 2.52. The second-order valence-corrected chi connectivity index (χ2v) is 6.95. The molecule has 19 heavy (non-hydrogen) atoms. The molecule has 1 aliphatic carbocycles. The first-order valence-electron chi connectivity index (χ1n) is 7.09. The average molecular weight is 282 g/mol. The van der Waals surface area contributed by atoms with E-state index in [2.05, 4.69) is 11.8 Å². The SMILES string of the molecule is COC1(C)CCCN(c2nc3c(s2)CCCC3O)C1. The van der Waals surface area contributed by atoms with Gasteiger partial charge in [0, 0.05) is 25.1 Å². The van der Waals surface area contributed by atoms with Gasteiger partial charge in [-0.1, -0.05) is 0 Å². The van der Waals surface area contributed by atoms with Crippen LogP contribution in [0.25, 0.3) is 0 Å². The molecule has 0 radical (unpaired) electrons. The van der Waals surface area contributed by atoms with Crippen LogP contribution >= 0.6 is 11.3 Å². The van der Waals surface area contributed by atoms with Gasteiger partial charge in [-0.3, -0.25) is 0 Å². The molecule has 106 valence electrons. The highest BCUT2D eigenvalue weighted by molar-refractivity contribution is 7.15. The number of ether oxygens (including phenoxy) is 1. The third-order valence-electron chi connectivity index (χ3n) is 4.34. The van der Waals surface area contributed by atoms with Gasteiger partial charge in [0.15, 0.2) is 5.13 Å². The zero-order chi connectivity index (χ0) is 13.5. The van der Waals surface area contributed by atoms with Crippen LogP contribution in [-0.2, 0) is 11.2 Å². The molecule has 5 heteroatoms. The van der Waals surface area contributed by atoms with Crippen molar-refractivity contribution in [2.45, 2.75) is 50.7 Å². The minimum atomic E-state index is -0.354. The maximum absolute atomic E-state index is 10.0. The number of rotatable bonds is 2. The monoisotopic (exact) mass is 282 g/mol. The molecule has 1 N–H and O–H groups in total. The zero-order valence-corrected chi connectivity index (χ0v) is 12.5. The first-order valence-corrected chi connectivity index (χ1v) is 7.91. The summed E-state index contributed by atoms with van der Waals surface area (Å²) in [6.45, 7) is 4.11. The lowest BCUT2D eigenvalue weighted by molar-refractivity contribution is -0.00467. The Balaban J connectivity index is 1.82. The zero-order valence-electron chi connectivity index (χ0n) is 11.7. The molecule has 1 fully saturated rings. The van der Waals surface area contributed by atoms with Gasteiger partial charge in [-0.15, -0.1) is 11.3 Å². The number of fused-ring (bicyclic) bond motifs is 1. The average Bonchev–Trinajstić information content (AvgIpc) is 2.84. The van der Waals surface area contributed by atoms with E-state index in [0.29, 0.717) is 0 Å². The van der Waals surface area contributed by atoms with Crippen LogP contribution in [0.5, 0.6) is 0 Å². The number of aliphatic hydroxyl groups excluding tert-OH is 1. The lowest BCUT2D eigenvalue weighted by Crippen LogP contribution is -2.47. The largest absolute Gasteiger partial charge is 0.387 e. The first kappa shape index (κ1) is 13.3. The number of nitrogens with zero attached hydrogens (tertiary/aromatic N) is 2. The van der Waals surface area contributed by atoms with Crippen LogP contribution < -0.4 is 4.90 Å². The van der Waals surface area contributed by atoms with E-state index in [1.54, 1.807) is 18.4 Å². The summed E-state index contributed by atoms with van der Waals surface area (Å²) in [7, 11) is 1.79. The van der Waals surface area contributed by atoms with E-state index >= 15 is 0 Å². The molecule has 0 aromatic carbocycles. The van der Waals surface area contributed by atoms with Crippen molar-refractivity contribution < 1.29 is 9.84 Å². The van der Waals surface area contributed by atoms with Crippen LogP contribution in [0.15, 0.2) is 0 Å². The van der Waals surface area contributed by atoms with Crippen molar-refractivity contribution in [3.05, 3.63) is 10.6 Å². The number of aromatic nitrogens is 1. The van der Waals surface area contributed by atoms with Crippen LogP contribution in [0.3, 0.4) is 0 Å². The van der Waals surface area contributed by atoms with E-state index in [1.807, 2.05) is 0 Å². The van der Waals surface area contributed by atoms with Crippen molar-refractivity contribution in [2.24, 2.45) is 0 Å². The van der Waals surface area contributed by atoms with Crippen molar-refractivity contribution in [2.75, 3.05) is 25.1 Å². The van der Waals surface area contributed by atoms with Gasteiger partial charge in [-0.25, -0.2) is 4.98 Å². The maximum Gasteiger partial charge on any atom is 0.185 e. The van der Waals surface area contributed by atoms with E-state index in [0.717, 1.165) is 56.0 Å². The smallest absolute Gasteiger partial charge is 0.185 e. The van der Waals surface area contributed by atoms with Crippen LogP contribution in [0.1, 0.15) is 49.3 Å². The number of anilines is 1. The first-order chi connectivity index (χ1) is 9.11. The molecule has 1 saturated heterocycles. The van der Waals surface area contributed by atoms with Gasteiger partial charge in [0.25, 0.3) is 0 Å². The third kappa shape index (κ3) is 2.51. The Bertz CT molecular complexity index is 462. The summed E-state index contributed by atoms with van der Waals surface area (Å²) < 4.78 is 5.64. The fraction of sp³-hybridized carbons (Fsp3) is 0.786. The van der Waals surface area contributed by atoms with Gasteiger partial charge < -0.3 is 14.7 Å². The lowest BCUT2D eigenvalue weighted by Gasteiger charge is -2.39. The Morgan fingerprint density at radius 2 is 2.32 bits per heavy atom. The van der Waals surface area contributed by atoms with Gasteiger partial charge in [-0.2, -0.15) is 0 Å². The fourth-order valence-corrected chi connectivity index (χ4v) is 4.24. The highest BCUT2D eigenvalue weighted by Gasteiger charge is 2.33. The van der Waals surface area contributed by atoms with Crippen molar-refractivity contribution in [3.63, 3.8) is 0 Å². The number of aryl methyl sites for hydroxylation is 1. The topological polar surface area (TPSA) is 45.6 Å². The van der Waals surface area contributed by atoms with E-state index in [9.17, 15) is 5.11 Å². The van der Waals surface area contributed by atoms with Gasteiger partial charge in [0.2, 0.25) is 0 Å². The van der Waals surface area contributed by atoms with Crippen molar-refractivity contribution >= 4 is 16.5 Å². The van der Waals surface area contributed by atoms with E-state index < -0.39 is 0 Å². The predicted molar refractivity (Wildman–Crippen MR) is 76.9 cm³/mol. The maximum atomic E-state index is 10.0. The molecule has 2 heterocycles. The normalized spacial score (nSPS) is 31.3. The molecule has 1 aromatic heterocycles. The number of hydrogen-bond acceptors (Lipinski definition) is 5. The summed E-state index contributed by atoms with van der Waals surface area (Å²) >= 11 is 1.76. The molecule has 0 saturated carbocycles. The second-order valence-electron chi connectivity index (χ2n) is 5.89.